The van der Waals surface area contributed by atoms with E-state index in [4.69, 9.17) is 18.4 Å². The second-order valence-electron chi connectivity index (χ2n) is 4.45. The van der Waals surface area contributed by atoms with Crippen LogP contribution in [0, 0.1) is 0 Å². The maximum atomic E-state index is 10.6. The quantitative estimate of drug-likeness (QED) is 0.669. The molecule has 0 fully saturated rings. The highest BCUT2D eigenvalue weighted by Crippen LogP contribution is 2.12. The summed E-state index contributed by atoms with van der Waals surface area (Å²) in [4.78, 5) is 10.6. The van der Waals surface area contributed by atoms with Crippen LogP contribution in [0.5, 0.6) is 0 Å². The Balaban J connectivity index is 2.93. The zero-order valence-corrected chi connectivity index (χ0v) is 13.9. The second-order valence-corrected chi connectivity index (χ2v) is 7.00. The summed E-state index contributed by atoms with van der Waals surface area (Å²) in [5.74, 6) is -0.791. The van der Waals surface area contributed by atoms with Crippen LogP contribution >= 0.6 is 0 Å². The Labute approximate surface area is 127 Å². The van der Waals surface area contributed by atoms with E-state index in [1.54, 1.807) is 0 Å². The molecule has 0 aliphatic heterocycles. The standard InChI is InChI=1S/C15H24O5Si/c1-4-18-21(19-5-2,20-6-3)14-10-7-13(8-11-14)9-12-15(16)17/h7-8,10-11H,4-6,9,12H2,1-3H3,(H,16,17). The molecule has 21 heavy (non-hydrogen) atoms. The molecule has 0 unspecified atom stereocenters. The van der Waals surface area contributed by atoms with Gasteiger partial charge in [0.1, 0.15) is 0 Å². The molecule has 1 N–H and O–H groups in total. The van der Waals surface area contributed by atoms with Crippen LogP contribution in [0.2, 0.25) is 0 Å². The van der Waals surface area contributed by atoms with Gasteiger partial charge in [-0.15, -0.1) is 0 Å². The van der Waals surface area contributed by atoms with E-state index >= 15 is 0 Å². The average Bonchev–Trinajstić information content (AvgIpc) is 2.46. The van der Waals surface area contributed by atoms with E-state index < -0.39 is 14.8 Å². The highest BCUT2D eigenvalue weighted by Gasteiger charge is 2.43. The minimum atomic E-state index is -2.86. The lowest BCUT2D eigenvalue weighted by molar-refractivity contribution is -0.136. The molecule has 0 saturated heterocycles. The van der Waals surface area contributed by atoms with E-state index in [1.807, 2.05) is 45.0 Å². The number of aliphatic carboxylic acids is 1. The molecule has 0 aliphatic rings. The molecule has 0 aromatic heterocycles. The summed E-state index contributed by atoms with van der Waals surface area (Å²) in [7, 11) is -2.86. The number of benzene rings is 1. The Kier molecular flexibility index (Phi) is 7.59. The minimum absolute atomic E-state index is 0.129. The summed E-state index contributed by atoms with van der Waals surface area (Å²) in [6.45, 7) is 7.32. The fourth-order valence-electron chi connectivity index (χ4n) is 2.07. The molecular weight excluding hydrogens is 288 g/mol. The molecule has 118 valence electrons. The zero-order chi connectivity index (χ0) is 15.7. The van der Waals surface area contributed by atoms with Crippen LogP contribution in [-0.2, 0) is 24.5 Å². The summed E-state index contributed by atoms with van der Waals surface area (Å²) >= 11 is 0. The molecule has 5 nitrogen and oxygen atoms in total. The van der Waals surface area contributed by atoms with Gasteiger partial charge in [0.25, 0.3) is 0 Å². The monoisotopic (exact) mass is 312 g/mol. The van der Waals surface area contributed by atoms with Crippen LogP contribution in [0.1, 0.15) is 32.8 Å². The summed E-state index contributed by atoms with van der Waals surface area (Å²) in [6, 6.07) is 7.67. The third kappa shape index (κ3) is 5.24. The van der Waals surface area contributed by atoms with Gasteiger partial charge in [-0.3, -0.25) is 4.79 Å². The molecule has 0 aliphatic carbocycles. The van der Waals surface area contributed by atoms with Crippen molar-refractivity contribution >= 4 is 20.0 Å². The lowest BCUT2D eigenvalue weighted by Gasteiger charge is -2.28. The first-order valence-corrected chi connectivity index (χ1v) is 9.03. The van der Waals surface area contributed by atoms with Gasteiger partial charge in [-0.1, -0.05) is 24.3 Å². The summed E-state index contributed by atoms with van der Waals surface area (Å²) in [5, 5.41) is 9.62. The number of carboxylic acid groups (broad SMARTS) is 1. The first-order valence-electron chi connectivity index (χ1n) is 7.31. The minimum Gasteiger partial charge on any atom is -0.481 e. The second kappa shape index (κ2) is 8.94. The van der Waals surface area contributed by atoms with Crippen molar-refractivity contribution in [2.24, 2.45) is 0 Å². The number of carboxylic acids is 1. The Morgan fingerprint density at radius 2 is 1.48 bits per heavy atom. The van der Waals surface area contributed by atoms with Crippen LogP contribution in [-0.4, -0.2) is 39.7 Å². The molecule has 6 heteroatoms. The molecular formula is C15H24O5Si. The molecule has 0 bridgehead atoms. The van der Waals surface area contributed by atoms with Crippen LogP contribution in [0.4, 0.5) is 0 Å². The van der Waals surface area contributed by atoms with Gasteiger partial charge in [-0.2, -0.15) is 0 Å². The maximum absolute atomic E-state index is 10.6. The lowest BCUT2D eigenvalue weighted by atomic mass is 10.1. The summed E-state index contributed by atoms with van der Waals surface area (Å²) in [5.41, 5.74) is 0.980. The normalized spacial score (nSPS) is 11.6. The molecule has 1 rings (SSSR count). The van der Waals surface area contributed by atoms with Crippen LogP contribution in [0.3, 0.4) is 0 Å². The van der Waals surface area contributed by atoms with Gasteiger partial charge < -0.3 is 18.4 Å². The highest BCUT2D eigenvalue weighted by atomic mass is 28.4. The van der Waals surface area contributed by atoms with Gasteiger partial charge in [-0.25, -0.2) is 0 Å². The van der Waals surface area contributed by atoms with E-state index in [1.165, 1.54) is 0 Å². The van der Waals surface area contributed by atoms with Crippen molar-refractivity contribution in [2.75, 3.05) is 19.8 Å². The Morgan fingerprint density at radius 3 is 1.86 bits per heavy atom. The fraction of sp³-hybridized carbons (Fsp3) is 0.533. The van der Waals surface area contributed by atoms with Gasteiger partial charge in [-0.05, 0) is 32.8 Å². The van der Waals surface area contributed by atoms with Crippen molar-refractivity contribution in [2.45, 2.75) is 33.6 Å². The average molecular weight is 312 g/mol. The van der Waals surface area contributed by atoms with E-state index in [0.717, 1.165) is 10.8 Å². The van der Waals surface area contributed by atoms with Gasteiger partial charge in [0, 0.05) is 31.4 Å². The van der Waals surface area contributed by atoms with Gasteiger partial charge in [0.15, 0.2) is 0 Å². The van der Waals surface area contributed by atoms with Gasteiger partial charge >= 0.3 is 14.8 Å². The SMILES string of the molecule is CCO[Si](OCC)(OCC)c1ccc(CCC(=O)O)cc1. The number of hydrogen-bond donors (Lipinski definition) is 1. The molecule has 0 atom stereocenters. The largest absolute Gasteiger partial charge is 0.537 e. The summed E-state index contributed by atoms with van der Waals surface area (Å²) < 4.78 is 17.5. The summed E-state index contributed by atoms with van der Waals surface area (Å²) in [6.07, 6.45) is 0.645. The first kappa shape index (κ1) is 17.8. The molecule has 0 spiro atoms. The number of hydrogen-bond acceptors (Lipinski definition) is 4. The maximum Gasteiger partial charge on any atom is 0.537 e. The van der Waals surface area contributed by atoms with Crippen LogP contribution in [0.15, 0.2) is 24.3 Å². The third-order valence-electron chi connectivity index (χ3n) is 2.94. The number of aryl methyl sites for hydroxylation is 1. The van der Waals surface area contributed by atoms with Gasteiger partial charge in [0.2, 0.25) is 0 Å². The molecule has 1 aromatic rings. The van der Waals surface area contributed by atoms with Crippen molar-refractivity contribution in [3.63, 3.8) is 0 Å². The predicted octanol–water partition coefficient (Wildman–Crippen LogP) is 1.96. The van der Waals surface area contributed by atoms with Crippen molar-refractivity contribution < 1.29 is 23.2 Å². The molecule has 0 radical (unpaired) electrons. The zero-order valence-electron chi connectivity index (χ0n) is 12.9. The predicted molar refractivity (Wildman–Crippen MR) is 82.7 cm³/mol. The van der Waals surface area contributed by atoms with Gasteiger partial charge in [0.05, 0.1) is 0 Å². The topological polar surface area (TPSA) is 65.0 Å². The van der Waals surface area contributed by atoms with Crippen molar-refractivity contribution in [3.05, 3.63) is 29.8 Å². The molecule has 0 heterocycles. The fourth-order valence-corrected chi connectivity index (χ4v) is 4.54. The van der Waals surface area contributed by atoms with Crippen molar-refractivity contribution in [3.8, 4) is 0 Å². The third-order valence-corrected chi connectivity index (χ3v) is 5.98. The van der Waals surface area contributed by atoms with E-state index in [9.17, 15) is 4.79 Å². The van der Waals surface area contributed by atoms with E-state index in [-0.39, 0.29) is 6.42 Å². The highest BCUT2D eigenvalue weighted by molar-refractivity contribution is 6.75. The van der Waals surface area contributed by atoms with Crippen LogP contribution < -0.4 is 5.19 Å². The Hall–Kier alpha value is -1.21. The van der Waals surface area contributed by atoms with E-state index in [0.29, 0.717) is 26.2 Å². The number of rotatable bonds is 10. The number of carbonyl (C=O) groups is 1. The molecule has 1 aromatic carbocycles. The Morgan fingerprint density at radius 1 is 1.00 bits per heavy atom. The molecule has 0 amide bonds. The van der Waals surface area contributed by atoms with E-state index in [2.05, 4.69) is 0 Å². The van der Waals surface area contributed by atoms with Crippen molar-refractivity contribution in [1.82, 2.24) is 0 Å². The smallest absolute Gasteiger partial charge is 0.481 e. The Bertz CT molecular complexity index is 415. The van der Waals surface area contributed by atoms with Crippen LogP contribution in [0.25, 0.3) is 0 Å². The van der Waals surface area contributed by atoms with Crippen molar-refractivity contribution in [1.29, 1.82) is 0 Å². The lowest BCUT2D eigenvalue weighted by Crippen LogP contribution is -2.56. The first-order chi connectivity index (χ1) is 10.1. The molecule has 0 saturated carbocycles.